The minimum Gasteiger partial charge on any atom is -0.444 e. The van der Waals surface area contributed by atoms with Crippen molar-refractivity contribution in [3.63, 3.8) is 0 Å². The lowest BCUT2D eigenvalue weighted by atomic mass is 9.98. The zero-order valence-electron chi connectivity index (χ0n) is 13.7. The molecule has 1 saturated heterocycles. The molecule has 2 unspecified atom stereocenters. The molecular weight excluding hydrogens is 320 g/mol. The van der Waals surface area contributed by atoms with E-state index in [1.54, 1.807) is 11.3 Å². The Balaban J connectivity index is 1.91. The van der Waals surface area contributed by atoms with Gasteiger partial charge in [-0.1, -0.05) is 11.6 Å². The minimum absolute atomic E-state index is 0.124. The molecule has 6 heteroatoms. The van der Waals surface area contributed by atoms with Crippen molar-refractivity contribution in [2.75, 3.05) is 6.54 Å². The molecule has 2 rings (SSSR count). The number of hydrogen-bond donors (Lipinski definition) is 1. The largest absolute Gasteiger partial charge is 0.444 e. The Kier molecular flexibility index (Phi) is 5.75. The molecule has 4 nitrogen and oxygen atoms in total. The minimum atomic E-state index is -0.453. The number of likely N-dealkylation sites (tertiary alicyclic amines) is 1. The average Bonchev–Trinajstić information content (AvgIpc) is 2.81. The summed E-state index contributed by atoms with van der Waals surface area (Å²) in [6, 6.07) is 2.39. The van der Waals surface area contributed by atoms with Crippen LogP contribution in [-0.2, 0) is 11.3 Å². The van der Waals surface area contributed by atoms with Crippen LogP contribution in [0.3, 0.4) is 0 Å². The molecule has 0 radical (unpaired) electrons. The van der Waals surface area contributed by atoms with Gasteiger partial charge in [-0.15, -0.1) is 11.3 Å². The van der Waals surface area contributed by atoms with Crippen LogP contribution >= 0.6 is 22.9 Å². The fourth-order valence-corrected chi connectivity index (χ4v) is 3.70. The van der Waals surface area contributed by atoms with Crippen LogP contribution in [0.25, 0.3) is 0 Å². The van der Waals surface area contributed by atoms with Gasteiger partial charge in [-0.25, -0.2) is 4.79 Å². The molecule has 0 aromatic carbocycles. The smallest absolute Gasteiger partial charge is 0.410 e. The van der Waals surface area contributed by atoms with Crippen molar-refractivity contribution in [1.29, 1.82) is 0 Å². The number of halogens is 1. The number of nitrogens with zero attached hydrogens (tertiary/aromatic N) is 1. The topological polar surface area (TPSA) is 41.6 Å². The predicted molar refractivity (Wildman–Crippen MR) is 91.6 cm³/mol. The summed E-state index contributed by atoms with van der Waals surface area (Å²) in [6.45, 7) is 9.33. The molecule has 1 aromatic heterocycles. The van der Waals surface area contributed by atoms with E-state index in [0.29, 0.717) is 0 Å². The molecule has 1 aliphatic heterocycles. The Morgan fingerprint density at radius 3 is 2.86 bits per heavy atom. The van der Waals surface area contributed by atoms with Crippen molar-refractivity contribution >= 4 is 29.0 Å². The lowest BCUT2D eigenvalue weighted by Crippen LogP contribution is -2.55. The van der Waals surface area contributed by atoms with Gasteiger partial charge in [0.05, 0.1) is 5.02 Å². The highest BCUT2D eigenvalue weighted by Gasteiger charge is 2.33. The van der Waals surface area contributed by atoms with Gasteiger partial charge in [0.1, 0.15) is 5.60 Å². The standard InChI is InChI=1S/C16H25ClN2O2S/c1-11-14(18-9-13-8-12(17)10-22-13)6-5-7-19(11)15(20)21-16(2,3)4/h8,10-11,14,18H,5-7,9H2,1-4H3. The third-order valence-electron chi connectivity index (χ3n) is 3.78. The predicted octanol–water partition coefficient (Wildman–Crippen LogP) is 4.28. The molecule has 1 N–H and O–H groups in total. The zero-order valence-corrected chi connectivity index (χ0v) is 15.3. The number of hydrogen-bond acceptors (Lipinski definition) is 4. The zero-order chi connectivity index (χ0) is 16.3. The van der Waals surface area contributed by atoms with Gasteiger partial charge in [0.15, 0.2) is 0 Å². The molecule has 0 aliphatic carbocycles. The van der Waals surface area contributed by atoms with Crippen molar-refractivity contribution in [2.45, 2.75) is 64.8 Å². The quantitative estimate of drug-likeness (QED) is 0.889. The maximum atomic E-state index is 12.3. The van der Waals surface area contributed by atoms with Crippen molar-refractivity contribution in [3.8, 4) is 0 Å². The van der Waals surface area contributed by atoms with E-state index < -0.39 is 5.60 Å². The van der Waals surface area contributed by atoms with Crippen LogP contribution in [0.2, 0.25) is 5.02 Å². The Hall–Kier alpha value is -0.780. The van der Waals surface area contributed by atoms with Crippen molar-refractivity contribution in [1.82, 2.24) is 10.2 Å². The number of rotatable bonds is 3. The molecule has 124 valence electrons. The fraction of sp³-hybridized carbons (Fsp3) is 0.688. The van der Waals surface area contributed by atoms with Crippen LogP contribution in [-0.4, -0.2) is 35.2 Å². The third-order valence-corrected chi connectivity index (χ3v) is 5.06. The van der Waals surface area contributed by atoms with E-state index in [0.717, 1.165) is 31.0 Å². The number of thiophene rings is 1. The van der Waals surface area contributed by atoms with Gasteiger partial charge in [0, 0.05) is 35.4 Å². The maximum absolute atomic E-state index is 12.3. The first kappa shape index (κ1) is 17.6. The summed E-state index contributed by atoms with van der Waals surface area (Å²) >= 11 is 7.60. The van der Waals surface area contributed by atoms with Gasteiger partial charge in [0.25, 0.3) is 0 Å². The van der Waals surface area contributed by atoms with Gasteiger partial charge in [-0.2, -0.15) is 0 Å². The lowest BCUT2D eigenvalue weighted by Gasteiger charge is -2.40. The number of ether oxygens (including phenoxy) is 1. The highest BCUT2D eigenvalue weighted by molar-refractivity contribution is 7.10. The van der Waals surface area contributed by atoms with Crippen LogP contribution < -0.4 is 5.32 Å². The van der Waals surface area contributed by atoms with Crippen LogP contribution in [0.4, 0.5) is 4.79 Å². The Labute approximate surface area is 141 Å². The highest BCUT2D eigenvalue weighted by Crippen LogP contribution is 2.23. The SMILES string of the molecule is CC1C(NCc2cc(Cl)cs2)CCCN1C(=O)OC(C)(C)C. The van der Waals surface area contributed by atoms with Gasteiger partial charge in [-0.3, -0.25) is 0 Å². The number of carbonyl (C=O) groups excluding carboxylic acids is 1. The van der Waals surface area contributed by atoms with E-state index in [-0.39, 0.29) is 18.2 Å². The summed E-state index contributed by atoms with van der Waals surface area (Å²) in [5.41, 5.74) is -0.453. The number of piperidine rings is 1. The summed E-state index contributed by atoms with van der Waals surface area (Å²) in [5.74, 6) is 0. The molecule has 1 aromatic rings. The van der Waals surface area contributed by atoms with E-state index in [9.17, 15) is 4.79 Å². The van der Waals surface area contributed by atoms with Gasteiger partial charge in [0.2, 0.25) is 0 Å². The molecule has 0 spiro atoms. The van der Waals surface area contributed by atoms with Gasteiger partial charge >= 0.3 is 6.09 Å². The molecule has 2 atom stereocenters. The Morgan fingerprint density at radius 2 is 2.27 bits per heavy atom. The molecule has 0 saturated carbocycles. The second-order valence-corrected chi connectivity index (χ2v) is 8.21. The van der Waals surface area contributed by atoms with Crippen molar-refractivity contribution < 1.29 is 9.53 Å². The van der Waals surface area contributed by atoms with E-state index in [1.807, 2.05) is 37.1 Å². The summed E-state index contributed by atoms with van der Waals surface area (Å²) in [6.07, 6.45) is 1.84. The number of nitrogens with one attached hydrogen (secondary N) is 1. The summed E-state index contributed by atoms with van der Waals surface area (Å²) in [5, 5.41) is 6.28. The maximum Gasteiger partial charge on any atom is 0.410 e. The number of carbonyl (C=O) groups is 1. The summed E-state index contributed by atoms with van der Waals surface area (Å²) in [4.78, 5) is 15.4. The van der Waals surface area contributed by atoms with Crippen molar-refractivity contribution in [3.05, 3.63) is 21.3 Å². The van der Waals surface area contributed by atoms with Gasteiger partial charge < -0.3 is 15.0 Å². The first-order chi connectivity index (χ1) is 10.3. The van der Waals surface area contributed by atoms with E-state index in [2.05, 4.69) is 12.2 Å². The normalized spacial score (nSPS) is 22.7. The summed E-state index contributed by atoms with van der Waals surface area (Å²) < 4.78 is 5.51. The van der Waals surface area contributed by atoms with E-state index >= 15 is 0 Å². The van der Waals surface area contributed by atoms with E-state index in [1.165, 1.54) is 4.88 Å². The average molecular weight is 345 g/mol. The summed E-state index contributed by atoms with van der Waals surface area (Å²) in [7, 11) is 0. The van der Waals surface area contributed by atoms with Crippen molar-refractivity contribution in [2.24, 2.45) is 0 Å². The lowest BCUT2D eigenvalue weighted by molar-refractivity contribution is 0.00700. The molecule has 1 fully saturated rings. The molecule has 0 bridgehead atoms. The molecule has 22 heavy (non-hydrogen) atoms. The number of amides is 1. The molecule has 2 heterocycles. The van der Waals surface area contributed by atoms with Crippen LogP contribution in [0.1, 0.15) is 45.4 Å². The highest BCUT2D eigenvalue weighted by atomic mass is 35.5. The first-order valence-corrected chi connectivity index (χ1v) is 8.98. The van der Waals surface area contributed by atoms with Crippen LogP contribution in [0.15, 0.2) is 11.4 Å². The molecule has 1 amide bonds. The Morgan fingerprint density at radius 1 is 1.55 bits per heavy atom. The Bertz CT molecular complexity index is 512. The second kappa shape index (κ2) is 7.20. The monoisotopic (exact) mass is 344 g/mol. The third kappa shape index (κ3) is 4.86. The van der Waals surface area contributed by atoms with E-state index in [4.69, 9.17) is 16.3 Å². The molecular formula is C16H25ClN2O2S. The van der Waals surface area contributed by atoms with Gasteiger partial charge in [-0.05, 0) is 46.6 Å². The first-order valence-electron chi connectivity index (χ1n) is 7.72. The molecule has 1 aliphatic rings. The van der Waals surface area contributed by atoms with Crippen LogP contribution in [0.5, 0.6) is 0 Å². The second-order valence-electron chi connectivity index (χ2n) is 6.78. The fourth-order valence-electron chi connectivity index (χ4n) is 2.67. The van der Waals surface area contributed by atoms with Crippen LogP contribution in [0, 0.1) is 0 Å².